The molecule has 0 aliphatic carbocycles. The number of aryl methyl sites for hydroxylation is 1. The van der Waals surface area contributed by atoms with Crippen LogP contribution in [0.4, 0.5) is 8.78 Å². The van der Waals surface area contributed by atoms with Crippen LogP contribution in [0.3, 0.4) is 0 Å². The third-order valence-electron chi connectivity index (χ3n) is 5.15. The summed E-state index contributed by atoms with van der Waals surface area (Å²) < 4.78 is 34.1. The summed E-state index contributed by atoms with van der Waals surface area (Å²) >= 11 is 1.43. The molecule has 0 fully saturated rings. The number of aromatic nitrogens is 4. The molecular formula is C21H21F2N5O2S. The van der Waals surface area contributed by atoms with Crippen LogP contribution in [0.25, 0.3) is 11.4 Å². The first-order valence-electron chi connectivity index (χ1n) is 9.60. The van der Waals surface area contributed by atoms with Gasteiger partial charge in [0, 0.05) is 32.6 Å². The fourth-order valence-electron chi connectivity index (χ4n) is 3.61. The van der Waals surface area contributed by atoms with Gasteiger partial charge in [-0.15, -0.1) is 0 Å². The highest BCUT2D eigenvalue weighted by atomic mass is 32.2. The Morgan fingerprint density at radius 1 is 1.26 bits per heavy atom. The van der Waals surface area contributed by atoms with Crippen LogP contribution in [0.15, 0.2) is 35.7 Å². The summed E-state index contributed by atoms with van der Waals surface area (Å²) in [6.07, 6.45) is 5.43. The predicted molar refractivity (Wildman–Crippen MR) is 112 cm³/mol. The molecule has 0 N–H and O–H groups in total. The van der Waals surface area contributed by atoms with Gasteiger partial charge < -0.3 is 14.2 Å². The van der Waals surface area contributed by atoms with Crippen molar-refractivity contribution < 1.29 is 18.3 Å². The van der Waals surface area contributed by atoms with Gasteiger partial charge in [-0.2, -0.15) is 0 Å². The maximum absolute atomic E-state index is 13.7. The van der Waals surface area contributed by atoms with Gasteiger partial charge in [0.1, 0.15) is 5.69 Å². The predicted octanol–water partition coefficient (Wildman–Crippen LogP) is 3.32. The molecule has 1 amide bonds. The van der Waals surface area contributed by atoms with Crippen molar-refractivity contribution >= 4 is 17.7 Å². The van der Waals surface area contributed by atoms with E-state index in [0.717, 1.165) is 17.7 Å². The minimum absolute atomic E-state index is 0.120. The molecule has 3 aromatic rings. The number of halogens is 2. The van der Waals surface area contributed by atoms with E-state index in [-0.39, 0.29) is 24.3 Å². The lowest BCUT2D eigenvalue weighted by molar-refractivity contribution is 0.0379. The molecule has 1 unspecified atom stereocenters. The minimum atomic E-state index is -0.946. The van der Waals surface area contributed by atoms with E-state index in [2.05, 4.69) is 15.0 Å². The summed E-state index contributed by atoms with van der Waals surface area (Å²) in [6, 6.07) is 3.35. The fraction of sp³-hybridized carbons (Fsp3) is 0.333. The smallest absolute Gasteiger partial charge is 0.290 e. The summed E-state index contributed by atoms with van der Waals surface area (Å²) in [5, 5.41) is 0.620. The second-order valence-corrected chi connectivity index (χ2v) is 8.05. The van der Waals surface area contributed by atoms with Crippen molar-refractivity contribution in [2.24, 2.45) is 0 Å². The molecule has 162 valence electrons. The van der Waals surface area contributed by atoms with Crippen molar-refractivity contribution in [2.75, 3.05) is 20.0 Å². The zero-order valence-electron chi connectivity index (χ0n) is 17.3. The number of carbonyl (C=O) groups is 1. The van der Waals surface area contributed by atoms with E-state index in [1.807, 2.05) is 19.4 Å². The number of benzene rings is 1. The second kappa shape index (κ2) is 8.72. The standard InChI is InChI=1S/C21H21F2N5O2S/c1-12-7-24-21(31-3)26-18(12)17-10-27-9-14(11-30-2)28(20(29)19(27)25-17)8-13-4-5-15(22)16(23)6-13/h4-7,10,14H,8-9,11H2,1-3H3. The Kier molecular flexibility index (Phi) is 6.01. The van der Waals surface area contributed by atoms with Crippen LogP contribution >= 0.6 is 11.8 Å². The summed E-state index contributed by atoms with van der Waals surface area (Å²) in [5.74, 6) is -1.90. The molecule has 1 aromatic carbocycles. The number of thioether (sulfide) groups is 1. The first-order chi connectivity index (χ1) is 14.9. The molecule has 0 spiro atoms. The normalized spacial score (nSPS) is 16.0. The van der Waals surface area contributed by atoms with Gasteiger partial charge in [0.05, 0.1) is 18.3 Å². The van der Waals surface area contributed by atoms with Gasteiger partial charge in [0.2, 0.25) is 0 Å². The number of rotatable bonds is 6. The van der Waals surface area contributed by atoms with Crippen LogP contribution in [0.2, 0.25) is 0 Å². The van der Waals surface area contributed by atoms with E-state index in [1.54, 1.807) is 22.8 Å². The number of hydrogen-bond acceptors (Lipinski definition) is 6. The van der Waals surface area contributed by atoms with Gasteiger partial charge in [-0.25, -0.2) is 23.7 Å². The average molecular weight is 445 g/mol. The van der Waals surface area contributed by atoms with Crippen LogP contribution in [-0.4, -0.2) is 56.3 Å². The summed E-state index contributed by atoms with van der Waals surface area (Å²) in [4.78, 5) is 28.2. The first-order valence-corrected chi connectivity index (χ1v) is 10.8. The maximum Gasteiger partial charge on any atom is 0.290 e. The van der Waals surface area contributed by atoms with E-state index in [1.165, 1.54) is 17.8 Å². The molecule has 1 aliphatic rings. The highest BCUT2D eigenvalue weighted by Gasteiger charge is 2.34. The Labute approximate surface area is 182 Å². The molecule has 0 bridgehead atoms. The maximum atomic E-state index is 13.7. The van der Waals surface area contributed by atoms with Gasteiger partial charge in [0.15, 0.2) is 22.6 Å². The molecular weight excluding hydrogens is 424 g/mol. The number of carbonyl (C=O) groups excluding carboxylic acids is 1. The van der Waals surface area contributed by atoms with E-state index in [0.29, 0.717) is 35.3 Å². The molecule has 4 rings (SSSR count). The van der Waals surface area contributed by atoms with Crippen molar-refractivity contribution in [1.29, 1.82) is 0 Å². The molecule has 0 saturated heterocycles. The van der Waals surface area contributed by atoms with Crippen molar-refractivity contribution in [1.82, 2.24) is 24.4 Å². The lowest BCUT2D eigenvalue weighted by Gasteiger charge is -2.35. The molecule has 3 heterocycles. The average Bonchev–Trinajstić information content (AvgIpc) is 3.18. The van der Waals surface area contributed by atoms with Crippen molar-refractivity contribution in [2.45, 2.75) is 31.2 Å². The zero-order valence-corrected chi connectivity index (χ0v) is 18.1. The third-order valence-corrected chi connectivity index (χ3v) is 5.71. The van der Waals surface area contributed by atoms with E-state index >= 15 is 0 Å². The largest absolute Gasteiger partial charge is 0.382 e. The highest BCUT2D eigenvalue weighted by Crippen LogP contribution is 2.27. The lowest BCUT2D eigenvalue weighted by atomic mass is 10.1. The molecule has 7 nitrogen and oxygen atoms in total. The Hall–Kier alpha value is -2.85. The van der Waals surface area contributed by atoms with Crippen molar-refractivity contribution in [3.8, 4) is 11.4 Å². The quantitative estimate of drug-likeness (QED) is 0.428. The van der Waals surface area contributed by atoms with Gasteiger partial charge in [0.25, 0.3) is 5.91 Å². The van der Waals surface area contributed by atoms with Crippen LogP contribution in [0.1, 0.15) is 21.7 Å². The molecule has 1 atom stereocenters. The van der Waals surface area contributed by atoms with Gasteiger partial charge in [-0.1, -0.05) is 17.8 Å². The Morgan fingerprint density at radius 2 is 2.06 bits per heavy atom. The van der Waals surface area contributed by atoms with Gasteiger partial charge >= 0.3 is 0 Å². The monoisotopic (exact) mass is 445 g/mol. The Bertz CT molecular complexity index is 1140. The minimum Gasteiger partial charge on any atom is -0.382 e. The highest BCUT2D eigenvalue weighted by molar-refractivity contribution is 7.98. The molecule has 2 aromatic heterocycles. The number of methoxy groups -OCH3 is 1. The lowest BCUT2D eigenvalue weighted by Crippen LogP contribution is -2.49. The SMILES string of the molecule is COCC1Cn2cc(-c3nc(SC)ncc3C)nc2C(=O)N1Cc1ccc(F)c(F)c1. The summed E-state index contributed by atoms with van der Waals surface area (Å²) in [5.41, 5.74) is 2.60. The summed E-state index contributed by atoms with van der Waals surface area (Å²) in [6.45, 7) is 2.77. The number of fused-ring (bicyclic) bond motifs is 1. The van der Waals surface area contributed by atoms with Crippen LogP contribution in [-0.2, 0) is 17.8 Å². The van der Waals surface area contributed by atoms with Gasteiger partial charge in [-0.05, 0) is 36.4 Å². The Balaban J connectivity index is 1.69. The third kappa shape index (κ3) is 4.17. The Morgan fingerprint density at radius 3 is 2.77 bits per heavy atom. The number of ether oxygens (including phenoxy) is 1. The number of nitrogens with zero attached hydrogens (tertiary/aromatic N) is 5. The van der Waals surface area contributed by atoms with E-state index in [4.69, 9.17) is 4.74 Å². The van der Waals surface area contributed by atoms with Crippen LogP contribution in [0, 0.1) is 18.6 Å². The topological polar surface area (TPSA) is 73.1 Å². The van der Waals surface area contributed by atoms with Crippen LogP contribution < -0.4 is 0 Å². The second-order valence-electron chi connectivity index (χ2n) is 7.28. The van der Waals surface area contributed by atoms with Crippen molar-refractivity contribution in [3.05, 3.63) is 59.2 Å². The number of imidazole rings is 1. The number of amides is 1. The number of hydrogen-bond donors (Lipinski definition) is 0. The van der Waals surface area contributed by atoms with E-state index < -0.39 is 11.6 Å². The molecule has 0 radical (unpaired) electrons. The molecule has 31 heavy (non-hydrogen) atoms. The van der Waals surface area contributed by atoms with Crippen molar-refractivity contribution in [3.63, 3.8) is 0 Å². The summed E-state index contributed by atoms with van der Waals surface area (Å²) in [7, 11) is 1.56. The molecule has 1 aliphatic heterocycles. The first kappa shape index (κ1) is 21.4. The zero-order chi connectivity index (χ0) is 22.1. The molecule has 0 saturated carbocycles. The molecule has 10 heteroatoms. The van der Waals surface area contributed by atoms with Gasteiger partial charge in [-0.3, -0.25) is 4.79 Å². The fourth-order valence-corrected chi connectivity index (χ4v) is 3.95. The van der Waals surface area contributed by atoms with E-state index in [9.17, 15) is 13.6 Å². The van der Waals surface area contributed by atoms with Crippen LogP contribution in [0.5, 0.6) is 0 Å².